The first kappa shape index (κ1) is 28.4. The Morgan fingerprint density at radius 3 is 2.47 bits per heavy atom. The summed E-state index contributed by atoms with van der Waals surface area (Å²) in [4.78, 5) is 9.37. The first-order valence-corrected chi connectivity index (χ1v) is 12.6. The van der Waals surface area contributed by atoms with Crippen LogP contribution in [0.5, 0.6) is 0 Å². The Balaban J connectivity index is 0.000000920. The van der Waals surface area contributed by atoms with Crippen LogP contribution in [0.2, 0.25) is 0 Å². The lowest BCUT2D eigenvalue weighted by Gasteiger charge is -2.48. The van der Waals surface area contributed by atoms with E-state index in [4.69, 9.17) is 5.11 Å². The highest BCUT2D eigenvalue weighted by molar-refractivity contribution is 5.66. The van der Waals surface area contributed by atoms with Gasteiger partial charge in [-0.25, -0.2) is 0 Å². The lowest BCUT2D eigenvalue weighted by molar-refractivity contribution is -0.136. The summed E-state index contributed by atoms with van der Waals surface area (Å²) in [5.74, 6) is 1.37. The van der Waals surface area contributed by atoms with Gasteiger partial charge < -0.3 is 10.2 Å². The van der Waals surface area contributed by atoms with Crippen LogP contribution in [0, 0.1) is 23.2 Å². The molecule has 0 amide bonds. The van der Waals surface area contributed by atoms with Crippen LogP contribution < -0.4 is 0 Å². The van der Waals surface area contributed by atoms with Crippen LogP contribution >= 0.6 is 0 Å². The number of hydrogen-bond acceptors (Lipinski definition) is 2. The van der Waals surface area contributed by atoms with Crippen molar-refractivity contribution in [2.45, 2.75) is 105 Å². The number of hydrogen-bond donors (Lipinski definition) is 2. The molecule has 2 saturated carbocycles. The highest BCUT2D eigenvalue weighted by atomic mass is 16.4. The molecule has 0 spiro atoms. The molecule has 3 nitrogen and oxygen atoms in total. The van der Waals surface area contributed by atoms with Gasteiger partial charge in [-0.2, -0.15) is 0 Å². The zero-order valence-corrected chi connectivity index (χ0v) is 21.3. The molecule has 2 aliphatic rings. The minimum absolute atomic E-state index is 0.222. The summed E-state index contributed by atoms with van der Waals surface area (Å²) in [6.45, 7) is 19.3. The Morgan fingerprint density at radius 1 is 1.25 bits per heavy atom. The van der Waals surface area contributed by atoms with E-state index in [1.807, 2.05) is 6.08 Å². The third kappa shape index (κ3) is 8.39. The number of carboxylic acid groups (broad SMARTS) is 1. The van der Waals surface area contributed by atoms with Gasteiger partial charge in [-0.05, 0) is 80.1 Å². The molecule has 0 saturated heterocycles. The summed E-state index contributed by atoms with van der Waals surface area (Å²) in [7, 11) is 0. The van der Waals surface area contributed by atoms with Crippen LogP contribution in [0.25, 0.3) is 0 Å². The number of aliphatic hydroxyl groups is 1. The number of carboxylic acids is 1. The van der Waals surface area contributed by atoms with Crippen molar-refractivity contribution in [1.82, 2.24) is 0 Å². The van der Waals surface area contributed by atoms with E-state index >= 15 is 0 Å². The van der Waals surface area contributed by atoms with Gasteiger partial charge in [0.05, 0.1) is 6.10 Å². The molecular weight excluding hydrogens is 396 g/mol. The second-order valence-electron chi connectivity index (χ2n) is 10.3. The van der Waals surface area contributed by atoms with E-state index in [9.17, 15) is 9.90 Å². The second-order valence-corrected chi connectivity index (χ2v) is 10.3. The summed E-state index contributed by atoms with van der Waals surface area (Å²) in [5.41, 5.74) is 4.38. The molecule has 2 fully saturated rings. The van der Waals surface area contributed by atoms with Crippen LogP contribution in [0.1, 0.15) is 98.8 Å². The normalized spacial score (nSPS) is 30.4. The third-order valence-corrected chi connectivity index (χ3v) is 8.22. The lowest BCUT2D eigenvalue weighted by Crippen LogP contribution is -2.39. The Bertz CT molecular complexity index is 687. The standard InChI is InChI=1S/C26H42O.C3H6O2/c1-7-8-9-11-19(2)21(4)26(6)17-10-12-24(22(26)5)16-15-23-14-13-20(3)25(27)18-23;1-2-3(4)5/h7,15-16,19,21-22,25,27H,1,3,8-14,17-18H2,2,4-6H3;2H2,1H3,(H,4,5)/b23-15-,24-16+;/t19-,21?,22?,25-,26-;/m1./s1. The molecule has 2 unspecified atom stereocenters. The maximum absolute atomic E-state index is 10.1. The minimum atomic E-state index is -0.745. The molecule has 5 atom stereocenters. The van der Waals surface area contributed by atoms with Crippen LogP contribution in [-0.2, 0) is 4.79 Å². The van der Waals surface area contributed by atoms with E-state index in [1.165, 1.54) is 37.7 Å². The first-order chi connectivity index (χ1) is 15.1. The maximum Gasteiger partial charge on any atom is 0.303 e. The van der Waals surface area contributed by atoms with E-state index < -0.39 is 5.97 Å². The molecule has 0 aromatic heterocycles. The summed E-state index contributed by atoms with van der Waals surface area (Å²) in [5, 5.41) is 17.8. The Kier molecular flexibility index (Phi) is 12.3. The van der Waals surface area contributed by atoms with Gasteiger partial charge in [0.2, 0.25) is 0 Å². The van der Waals surface area contributed by atoms with Crippen molar-refractivity contribution in [3.8, 4) is 0 Å². The molecular formula is C29H48O3. The molecule has 3 heteroatoms. The van der Waals surface area contributed by atoms with Crippen LogP contribution in [0.3, 0.4) is 0 Å². The molecule has 32 heavy (non-hydrogen) atoms. The van der Waals surface area contributed by atoms with Crippen molar-refractivity contribution in [3.63, 3.8) is 0 Å². The summed E-state index contributed by atoms with van der Waals surface area (Å²) in [6.07, 6.45) is 17.0. The van der Waals surface area contributed by atoms with E-state index in [2.05, 4.69) is 53.0 Å². The molecule has 0 aliphatic heterocycles. The van der Waals surface area contributed by atoms with Crippen LogP contribution in [0.4, 0.5) is 0 Å². The SMILES string of the molecule is C=CCCC[C@@H](C)C(C)[C@@]1(C)CCC/C(=C\C=C2\CCC(=C)[C@H](O)C2)C1C.CCC(=O)O. The van der Waals surface area contributed by atoms with Gasteiger partial charge in [-0.15, -0.1) is 6.58 Å². The molecule has 0 radical (unpaired) electrons. The highest BCUT2D eigenvalue weighted by Crippen LogP contribution is 2.51. The number of aliphatic hydroxyl groups excluding tert-OH is 1. The molecule has 182 valence electrons. The topological polar surface area (TPSA) is 57.5 Å². The lowest BCUT2D eigenvalue weighted by atomic mass is 9.57. The van der Waals surface area contributed by atoms with Crippen molar-refractivity contribution in [2.75, 3.05) is 0 Å². The fraction of sp³-hybridized carbons (Fsp3) is 0.690. The first-order valence-electron chi connectivity index (χ1n) is 12.6. The predicted molar refractivity (Wildman–Crippen MR) is 137 cm³/mol. The molecule has 2 rings (SSSR count). The highest BCUT2D eigenvalue weighted by Gasteiger charge is 2.42. The average molecular weight is 445 g/mol. The number of rotatable bonds is 8. The average Bonchev–Trinajstić information content (AvgIpc) is 2.77. The molecule has 2 aliphatic carbocycles. The fourth-order valence-electron chi connectivity index (χ4n) is 5.22. The smallest absolute Gasteiger partial charge is 0.303 e. The van der Waals surface area contributed by atoms with Gasteiger partial charge in [0.1, 0.15) is 0 Å². The molecule has 0 bridgehead atoms. The second kappa shape index (κ2) is 13.8. The predicted octanol–water partition coefficient (Wildman–Crippen LogP) is 7.88. The van der Waals surface area contributed by atoms with E-state index in [0.29, 0.717) is 11.3 Å². The minimum Gasteiger partial charge on any atom is -0.481 e. The van der Waals surface area contributed by atoms with Crippen LogP contribution in [0.15, 0.2) is 48.1 Å². The van der Waals surface area contributed by atoms with Crippen molar-refractivity contribution < 1.29 is 15.0 Å². The van der Waals surface area contributed by atoms with Crippen molar-refractivity contribution in [3.05, 3.63) is 48.1 Å². The number of unbranched alkanes of at least 4 members (excludes halogenated alkanes) is 1. The number of allylic oxidation sites excluding steroid dienone is 4. The van der Waals surface area contributed by atoms with Gasteiger partial charge in [0.15, 0.2) is 0 Å². The summed E-state index contributed by atoms with van der Waals surface area (Å²) in [6, 6.07) is 0. The van der Waals surface area contributed by atoms with E-state index in [1.54, 1.807) is 12.5 Å². The number of carbonyl (C=O) groups is 1. The summed E-state index contributed by atoms with van der Waals surface area (Å²) >= 11 is 0. The van der Waals surface area contributed by atoms with E-state index in [-0.39, 0.29) is 12.5 Å². The van der Waals surface area contributed by atoms with Crippen LogP contribution in [-0.4, -0.2) is 22.3 Å². The van der Waals surface area contributed by atoms with Crippen molar-refractivity contribution >= 4 is 5.97 Å². The molecule has 2 N–H and O–H groups in total. The Morgan fingerprint density at radius 2 is 1.91 bits per heavy atom. The Hall–Kier alpha value is -1.61. The summed E-state index contributed by atoms with van der Waals surface area (Å²) < 4.78 is 0. The van der Waals surface area contributed by atoms with Gasteiger partial charge in [-0.3, -0.25) is 4.79 Å². The maximum atomic E-state index is 10.1. The Labute approximate surface area is 197 Å². The fourth-order valence-corrected chi connectivity index (χ4v) is 5.22. The molecule has 0 aromatic carbocycles. The zero-order chi connectivity index (χ0) is 24.3. The van der Waals surface area contributed by atoms with Gasteiger partial charge in [0, 0.05) is 6.42 Å². The molecule has 0 heterocycles. The quantitative estimate of drug-likeness (QED) is 0.296. The van der Waals surface area contributed by atoms with Gasteiger partial charge in [0.25, 0.3) is 0 Å². The van der Waals surface area contributed by atoms with Gasteiger partial charge >= 0.3 is 5.97 Å². The monoisotopic (exact) mass is 444 g/mol. The van der Waals surface area contributed by atoms with Crippen molar-refractivity contribution in [1.29, 1.82) is 0 Å². The third-order valence-electron chi connectivity index (χ3n) is 8.22. The van der Waals surface area contributed by atoms with E-state index in [0.717, 1.165) is 43.1 Å². The van der Waals surface area contributed by atoms with Crippen molar-refractivity contribution in [2.24, 2.45) is 23.2 Å². The largest absolute Gasteiger partial charge is 0.481 e. The number of aliphatic carboxylic acids is 1. The zero-order valence-electron chi connectivity index (χ0n) is 21.3. The van der Waals surface area contributed by atoms with Gasteiger partial charge in [-0.1, -0.05) is 77.0 Å². The molecule has 0 aromatic rings.